The van der Waals surface area contributed by atoms with Crippen LogP contribution < -0.4 is 4.74 Å². The van der Waals surface area contributed by atoms with Crippen LogP contribution in [-0.2, 0) is 0 Å². The number of hydrogen-bond donors (Lipinski definition) is 1. The van der Waals surface area contributed by atoms with E-state index in [0.717, 1.165) is 12.1 Å². The maximum absolute atomic E-state index is 12.9. The monoisotopic (exact) mass is 240 g/mol. The van der Waals surface area contributed by atoms with Gasteiger partial charge in [0.2, 0.25) is 0 Å². The maximum Gasteiger partial charge on any atom is 0.194 e. The van der Waals surface area contributed by atoms with Crippen molar-refractivity contribution < 1.29 is 23.0 Å². The Kier molecular flexibility index (Phi) is 2.91. The Morgan fingerprint density at radius 1 is 0.824 bits per heavy atom. The van der Waals surface area contributed by atoms with E-state index in [1.165, 1.54) is 24.3 Å². The molecule has 2 aromatic carbocycles. The van der Waals surface area contributed by atoms with Crippen LogP contribution >= 0.6 is 0 Å². The van der Waals surface area contributed by atoms with Crippen molar-refractivity contribution in [2.24, 2.45) is 0 Å². The number of benzene rings is 2. The van der Waals surface area contributed by atoms with E-state index < -0.39 is 17.5 Å². The fraction of sp³-hybridized carbons (Fsp3) is 0. The molecule has 1 N–H and O–H groups in total. The third-order valence-electron chi connectivity index (χ3n) is 2.03. The van der Waals surface area contributed by atoms with E-state index in [1.54, 1.807) is 0 Å². The van der Waals surface area contributed by atoms with E-state index in [4.69, 9.17) is 9.84 Å². The summed E-state index contributed by atoms with van der Waals surface area (Å²) in [6, 6.07) is 7.01. The summed E-state index contributed by atoms with van der Waals surface area (Å²) in [5.74, 6) is -4.03. The van der Waals surface area contributed by atoms with Crippen LogP contribution in [0.5, 0.6) is 17.2 Å². The average Bonchev–Trinajstić information content (AvgIpc) is 2.29. The van der Waals surface area contributed by atoms with Gasteiger partial charge in [-0.15, -0.1) is 0 Å². The second-order valence-electron chi connectivity index (χ2n) is 3.30. The molecule has 0 heterocycles. The van der Waals surface area contributed by atoms with Gasteiger partial charge in [0.1, 0.15) is 17.2 Å². The van der Waals surface area contributed by atoms with Gasteiger partial charge in [-0.05, 0) is 24.3 Å². The van der Waals surface area contributed by atoms with E-state index in [0.29, 0.717) is 0 Å². The van der Waals surface area contributed by atoms with Gasteiger partial charge in [0.05, 0.1) is 0 Å². The molecule has 0 aliphatic rings. The van der Waals surface area contributed by atoms with Gasteiger partial charge < -0.3 is 9.84 Å². The topological polar surface area (TPSA) is 29.5 Å². The first-order valence-electron chi connectivity index (χ1n) is 4.67. The quantitative estimate of drug-likeness (QED) is 0.812. The molecule has 0 saturated heterocycles. The molecule has 0 spiro atoms. The van der Waals surface area contributed by atoms with Crippen molar-refractivity contribution in [3.63, 3.8) is 0 Å². The van der Waals surface area contributed by atoms with Crippen LogP contribution in [0.2, 0.25) is 0 Å². The molecular formula is C12H7F3O2. The van der Waals surface area contributed by atoms with Crippen LogP contribution in [0.25, 0.3) is 0 Å². The lowest BCUT2D eigenvalue weighted by atomic mass is 10.3. The van der Waals surface area contributed by atoms with Gasteiger partial charge >= 0.3 is 0 Å². The highest BCUT2D eigenvalue weighted by Crippen LogP contribution is 2.26. The average molecular weight is 240 g/mol. The molecule has 0 aliphatic carbocycles. The molecule has 2 rings (SSSR count). The van der Waals surface area contributed by atoms with E-state index in [-0.39, 0.29) is 17.2 Å². The van der Waals surface area contributed by atoms with Gasteiger partial charge in [0.25, 0.3) is 0 Å². The lowest BCUT2D eigenvalue weighted by Crippen LogP contribution is -1.92. The molecular weight excluding hydrogens is 233 g/mol. The van der Waals surface area contributed by atoms with Crippen LogP contribution in [-0.4, -0.2) is 5.11 Å². The first kappa shape index (κ1) is 11.3. The summed E-state index contributed by atoms with van der Waals surface area (Å²) in [6.07, 6.45) is 0. The molecule has 2 aromatic rings. The number of ether oxygens (including phenoxy) is 1. The highest BCUT2D eigenvalue weighted by molar-refractivity contribution is 5.35. The lowest BCUT2D eigenvalue weighted by molar-refractivity contribution is 0.422. The van der Waals surface area contributed by atoms with Crippen molar-refractivity contribution in [3.8, 4) is 17.2 Å². The molecule has 0 aromatic heterocycles. The predicted octanol–water partition coefficient (Wildman–Crippen LogP) is 3.60. The van der Waals surface area contributed by atoms with Crippen LogP contribution in [0.15, 0.2) is 36.4 Å². The Bertz CT molecular complexity index is 515. The molecule has 0 aliphatic heterocycles. The number of aromatic hydroxyl groups is 1. The molecule has 17 heavy (non-hydrogen) atoms. The van der Waals surface area contributed by atoms with Crippen LogP contribution in [0.1, 0.15) is 0 Å². The van der Waals surface area contributed by atoms with Crippen LogP contribution in [0.3, 0.4) is 0 Å². The Morgan fingerprint density at radius 3 is 1.88 bits per heavy atom. The summed E-state index contributed by atoms with van der Waals surface area (Å²) in [7, 11) is 0. The third-order valence-corrected chi connectivity index (χ3v) is 2.03. The summed E-state index contributed by atoms with van der Waals surface area (Å²) >= 11 is 0. The molecule has 5 heteroatoms. The fourth-order valence-electron chi connectivity index (χ4n) is 1.24. The Morgan fingerprint density at radius 2 is 1.35 bits per heavy atom. The number of phenolic OH excluding ortho intramolecular Hbond substituents is 1. The summed E-state index contributed by atoms with van der Waals surface area (Å²) in [5, 5.41) is 9.02. The Labute approximate surface area is 94.9 Å². The number of rotatable bonds is 2. The zero-order valence-electron chi connectivity index (χ0n) is 8.45. The largest absolute Gasteiger partial charge is 0.508 e. The van der Waals surface area contributed by atoms with Gasteiger partial charge in [-0.2, -0.15) is 0 Å². The van der Waals surface area contributed by atoms with E-state index in [1.807, 2.05) is 0 Å². The van der Waals surface area contributed by atoms with Gasteiger partial charge in [-0.1, -0.05) is 0 Å². The predicted molar refractivity (Wildman–Crippen MR) is 54.5 cm³/mol. The first-order valence-corrected chi connectivity index (χ1v) is 4.67. The summed E-state index contributed by atoms with van der Waals surface area (Å²) in [4.78, 5) is 0. The summed E-state index contributed by atoms with van der Waals surface area (Å²) < 4.78 is 43.5. The minimum absolute atomic E-state index is 0.0359. The van der Waals surface area contributed by atoms with Crippen molar-refractivity contribution in [3.05, 3.63) is 53.8 Å². The smallest absolute Gasteiger partial charge is 0.194 e. The molecule has 0 amide bonds. The van der Waals surface area contributed by atoms with Crippen molar-refractivity contribution in [1.29, 1.82) is 0 Å². The maximum atomic E-state index is 12.9. The second kappa shape index (κ2) is 4.37. The number of halogens is 3. The highest BCUT2D eigenvalue weighted by Gasteiger charge is 2.11. The number of phenols is 1. The van der Waals surface area contributed by atoms with Crippen molar-refractivity contribution in [2.75, 3.05) is 0 Å². The fourth-order valence-corrected chi connectivity index (χ4v) is 1.24. The Hall–Kier alpha value is -2.17. The standard InChI is InChI=1S/C12H7F3O2/c13-10-5-9(6-11(14)12(10)15)17-8-3-1-7(16)2-4-8/h1-6,16H. The molecule has 0 radical (unpaired) electrons. The van der Waals surface area contributed by atoms with Crippen LogP contribution in [0.4, 0.5) is 13.2 Å². The zero-order chi connectivity index (χ0) is 12.4. The first-order chi connectivity index (χ1) is 8.06. The van der Waals surface area contributed by atoms with Gasteiger partial charge in [0.15, 0.2) is 17.5 Å². The summed E-state index contributed by atoms with van der Waals surface area (Å²) in [5.41, 5.74) is 0. The van der Waals surface area contributed by atoms with Crippen LogP contribution in [0, 0.1) is 17.5 Å². The second-order valence-corrected chi connectivity index (χ2v) is 3.30. The van der Waals surface area contributed by atoms with Gasteiger partial charge in [0, 0.05) is 12.1 Å². The molecule has 0 bridgehead atoms. The third kappa shape index (κ3) is 2.50. The molecule has 2 nitrogen and oxygen atoms in total. The van der Waals surface area contributed by atoms with E-state index >= 15 is 0 Å². The molecule has 0 atom stereocenters. The highest BCUT2D eigenvalue weighted by atomic mass is 19.2. The van der Waals surface area contributed by atoms with Crippen molar-refractivity contribution >= 4 is 0 Å². The molecule has 0 unspecified atom stereocenters. The van der Waals surface area contributed by atoms with E-state index in [2.05, 4.69) is 0 Å². The van der Waals surface area contributed by atoms with Crippen molar-refractivity contribution in [1.82, 2.24) is 0 Å². The minimum Gasteiger partial charge on any atom is -0.508 e. The van der Waals surface area contributed by atoms with E-state index in [9.17, 15) is 13.2 Å². The molecule has 88 valence electrons. The summed E-state index contributed by atoms with van der Waals surface area (Å²) in [6.45, 7) is 0. The minimum atomic E-state index is -1.54. The van der Waals surface area contributed by atoms with Crippen molar-refractivity contribution in [2.45, 2.75) is 0 Å². The zero-order valence-corrected chi connectivity index (χ0v) is 8.45. The SMILES string of the molecule is Oc1ccc(Oc2cc(F)c(F)c(F)c2)cc1. The number of hydrogen-bond acceptors (Lipinski definition) is 2. The molecule has 0 saturated carbocycles. The van der Waals surface area contributed by atoms with Gasteiger partial charge in [-0.25, -0.2) is 13.2 Å². The Balaban J connectivity index is 2.27. The molecule has 0 fully saturated rings. The normalized spacial score (nSPS) is 10.3. The van der Waals surface area contributed by atoms with Gasteiger partial charge in [-0.3, -0.25) is 0 Å². The lowest BCUT2D eigenvalue weighted by Gasteiger charge is -2.06.